The zero-order chi connectivity index (χ0) is 13.5. The van der Waals surface area contributed by atoms with E-state index in [0.29, 0.717) is 0 Å². The van der Waals surface area contributed by atoms with Crippen LogP contribution in [0.4, 0.5) is 0 Å². The quantitative estimate of drug-likeness (QED) is 0.845. The van der Waals surface area contributed by atoms with Gasteiger partial charge in [0.2, 0.25) is 0 Å². The first-order valence-corrected chi connectivity index (χ1v) is 7.09. The Morgan fingerprint density at radius 2 is 1.95 bits per heavy atom. The molecule has 2 aromatic heterocycles. The van der Waals surface area contributed by atoms with Gasteiger partial charge in [-0.15, -0.1) is 0 Å². The Bertz CT molecular complexity index is 590. The Balaban J connectivity index is 2.05. The molecule has 0 bridgehead atoms. The molecule has 0 saturated heterocycles. The van der Waals surface area contributed by atoms with Gasteiger partial charge in [-0.05, 0) is 48.8 Å². The van der Waals surface area contributed by atoms with Gasteiger partial charge in [-0.1, -0.05) is 20.8 Å². The van der Waals surface area contributed by atoms with E-state index in [4.69, 9.17) is 0 Å². The summed E-state index contributed by atoms with van der Waals surface area (Å²) in [5.74, 6) is 0. The first-order chi connectivity index (χ1) is 9.05. The van der Waals surface area contributed by atoms with Gasteiger partial charge in [0.15, 0.2) is 0 Å². The molecule has 0 aliphatic heterocycles. The molecule has 0 radical (unpaired) electrons. The maximum Gasteiger partial charge on any atom is 0.0886 e. The zero-order valence-electron chi connectivity index (χ0n) is 12.0. The van der Waals surface area contributed by atoms with Crippen LogP contribution >= 0.6 is 0 Å². The summed E-state index contributed by atoms with van der Waals surface area (Å²) < 4.78 is 0. The summed E-state index contributed by atoms with van der Waals surface area (Å²) in [7, 11) is 0. The highest BCUT2D eigenvalue weighted by Gasteiger charge is 2.20. The van der Waals surface area contributed by atoms with Crippen LogP contribution in [0.15, 0.2) is 18.3 Å². The Morgan fingerprint density at radius 1 is 1.16 bits per heavy atom. The van der Waals surface area contributed by atoms with Gasteiger partial charge < -0.3 is 0 Å². The van der Waals surface area contributed by atoms with E-state index in [2.05, 4.69) is 48.1 Å². The molecule has 19 heavy (non-hydrogen) atoms. The summed E-state index contributed by atoms with van der Waals surface area (Å²) in [4.78, 5) is 4.53. The van der Waals surface area contributed by atoms with E-state index >= 15 is 0 Å². The van der Waals surface area contributed by atoms with Crippen molar-refractivity contribution in [2.75, 3.05) is 0 Å². The number of H-pyrrole nitrogens is 1. The van der Waals surface area contributed by atoms with Crippen molar-refractivity contribution in [3.63, 3.8) is 0 Å². The van der Waals surface area contributed by atoms with Crippen LogP contribution in [-0.2, 0) is 18.3 Å². The molecule has 0 atom stereocenters. The van der Waals surface area contributed by atoms with Crippen LogP contribution in [0.1, 0.15) is 50.4 Å². The minimum atomic E-state index is 0.151. The Morgan fingerprint density at radius 3 is 2.74 bits per heavy atom. The number of rotatable bonds is 1. The first-order valence-electron chi connectivity index (χ1n) is 7.09. The summed E-state index contributed by atoms with van der Waals surface area (Å²) in [6.07, 6.45) is 6.66. The van der Waals surface area contributed by atoms with Crippen molar-refractivity contribution >= 4 is 0 Å². The summed E-state index contributed by atoms with van der Waals surface area (Å²) in [5, 5.41) is 7.66. The molecule has 1 N–H and O–H groups in total. The molecule has 100 valence electrons. The second-order valence-electron chi connectivity index (χ2n) is 6.41. The monoisotopic (exact) mass is 255 g/mol. The first kappa shape index (κ1) is 12.4. The van der Waals surface area contributed by atoms with Crippen molar-refractivity contribution < 1.29 is 0 Å². The summed E-state index contributed by atoms with van der Waals surface area (Å²) in [5.41, 5.74) is 6.24. The average molecular weight is 255 g/mol. The van der Waals surface area contributed by atoms with Crippen LogP contribution < -0.4 is 0 Å². The fourth-order valence-corrected chi connectivity index (χ4v) is 2.72. The van der Waals surface area contributed by atoms with Crippen molar-refractivity contribution in [1.29, 1.82) is 0 Å². The lowest BCUT2D eigenvalue weighted by Gasteiger charge is -2.19. The standard InChI is InChI=1S/C16H21N3/c1-16(2,3)11-8-9-17-14(10-11)15-12-6-4-5-7-13(12)18-19-15/h8-10H,4-7H2,1-3H3,(H,18,19). The van der Waals surface area contributed by atoms with Gasteiger partial charge in [0.1, 0.15) is 0 Å². The summed E-state index contributed by atoms with van der Waals surface area (Å²) >= 11 is 0. The van der Waals surface area contributed by atoms with Crippen LogP contribution in [0.25, 0.3) is 11.4 Å². The fraction of sp³-hybridized carbons (Fsp3) is 0.500. The maximum absolute atomic E-state index is 4.53. The third kappa shape index (κ3) is 2.29. The second-order valence-corrected chi connectivity index (χ2v) is 6.41. The molecule has 0 amide bonds. The van der Waals surface area contributed by atoms with E-state index in [-0.39, 0.29) is 5.41 Å². The zero-order valence-corrected chi connectivity index (χ0v) is 12.0. The Kier molecular flexibility index (Phi) is 2.92. The topological polar surface area (TPSA) is 41.6 Å². The fourth-order valence-electron chi connectivity index (χ4n) is 2.72. The number of hydrogen-bond donors (Lipinski definition) is 1. The normalized spacial score (nSPS) is 15.3. The van der Waals surface area contributed by atoms with Gasteiger partial charge in [-0.2, -0.15) is 5.10 Å². The number of aromatic nitrogens is 3. The smallest absolute Gasteiger partial charge is 0.0886 e. The molecule has 0 spiro atoms. The van der Waals surface area contributed by atoms with Crippen molar-refractivity contribution in [1.82, 2.24) is 15.2 Å². The van der Waals surface area contributed by atoms with Crippen LogP contribution in [-0.4, -0.2) is 15.2 Å². The van der Waals surface area contributed by atoms with Gasteiger partial charge in [0.05, 0.1) is 17.1 Å². The predicted molar refractivity (Wildman–Crippen MR) is 77.2 cm³/mol. The number of nitrogens with one attached hydrogen (secondary N) is 1. The molecule has 0 fully saturated rings. The number of pyridine rings is 1. The van der Waals surface area contributed by atoms with E-state index in [1.165, 1.54) is 29.7 Å². The maximum atomic E-state index is 4.53. The van der Waals surface area contributed by atoms with Crippen molar-refractivity contribution in [3.8, 4) is 11.4 Å². The molecular weight excluding hydrogens is 234 g/mol. The molecule has 0 saturated carbocycles. The highest BCUT2D eigenvalue weighted by Crippen LogP contribution is 2.30. The van der Waals surface area contributed by atoms with Crippen molar-refractivity contribution in [3.05, 3.63) is 35.2 Å². The molecular formula is C16H21N3. The van der Waals surface area contributed by atoms with Crippen molar-refractivity contribution in [2.45, 2.75) is 51.9 Å². The second kappa shape index (κ2) is 4.48. The lowest BCUT2D eigenvalue weighted by atomic mass is 9.86. The number of fused-ring (bicyclic) bond motifs is 1. The van der Waals surface area contributed by atoms with Gasteiger partial charge in [-0.3, -0.25) is 10.1 Å². The van der Waals surface area contributed by atoms with E-state index < -0.39 is 0 Å². The van der Waals surface area contributed by atoms with E-state index in [9.17, 15) is 0 Å². The third-order valence-corrected chi connectivity index (χ3v) is 3.93. The highest BCUT2D eigenvalue weighted by molar-refractivity contribution is 5.61. The third-order valence-electron chi connectivity index (χ3n) is 3.93. The summed E-state index contributed by atoms with van der Waals surface area (Å²) in [6.45, 7) is 6.69. The van der Waals surface area contributed by atoms with Gasteiger partial charge >= 0.3 is 0 Å². The molecule has 1 aliphatic rings. The Hall–Kier alpha value is -1.64. The predicted octanol–water partition coefficient (Wildman–Crippen LogP) is 3.65. The molecule has 3 rings (SSSR count). The van der Waals surface area contributed by atoms with E-state index in [1.54, 1.807) is 0 Å². The number of nitrogens with zero attached hydrogens (tertiary/aromatic N) is 2. The summed E-state index contributed by atoms with van der Waals surface area (Å²) in [6, 6.07) is 4.30. The molecule has 3 nitrogen and oxygen atoms in total. The Labute approximate surface area is 114 Å². The molecule has 3 heteroatoms. The number of aromatic amines is 1. The minimum Gasteiger partial charge on any atom is -0.276 e. The highest BCUT2D eigenvalue weighted by atomic mass is 15.1. The van der Waals surface area contributed by atoms with Crippen LogP contribution in [0.5, 0.6) is 0 Å². The minimum absolute atomic E-state index is 0.151. The van der Waals surface area contributed by atoms with Gasteiger partial charge in [-0.25, -0.2) is 0 Å². The van der Waals surface area contributed by atoms with E-state index in [0.717, 1.165) is 24.2 Å². The molecule has 2 heterocycles. The largest absolute Gasteiger partial charge is 0.276 e. The lowest BCUT2D eigenvalue weighted by molar-refractivity contribution is 0.589. The van der Waals surface area contributed by atoms with Gasteiger partial charge in [0.25, 0.3) is 0 Å². The van der Waals surface area contributed by atoms with Crippen molar-refractivity contribution in [2.24, 2.45) is 0 Å². The molecule has 0 unspecified atom stereocenters. The number of hydrogen-bond acceptors (Lipinski definition) is 2. The molecule has 1 aliphatic carbocycles. The van der Waals surface area contributed by atoms with Gasteiger partial charge in [0, 0.05) is 11.8 Å². The van der Waals surface area contributed by atoms with Crippen LogP contribution in [0, 0.1) is 0 Å². The van der Waals surface area contributed by atoms with E-state index in [1.807, 2.05) is 6.20 Å². The lowest BCUT2D eigenvalue weighted by Crippen LogP contribution is -2.11. The molecule has 2 aromatic rings. The number of aryl methyl sites for hydroxylation is 1. The average Bonchev–Trinajstić information content (AvgIpc) is 2.82. The van der Waals surface area contributed by atoms with Crippen LogP contribution in [0.3, 0.4) is 0 Å². The van der Waals surface area contributed by atoms with Crippen LogP contribution in [0.2, 0.25) is 0 Å². The SMILES string of the molecule is CC(C)(C)c1ccnc(-c2[nH]nc3c2CCCC3)c1. The molecule has 0 aromatic carbocycles.